The zero-order valence-electron chi connectivity index (χ0n) is 8.78. The Balaban J connectivity index is 2.16. The third kappa shape index (κ3) is 2.76. The Kier molecular flexibility index (Phi) is 3.49. The largest absolute Gasteiger partial charge is 0.490 e. The van der Waals surface area contributed by atoms with Crippen molar-refractivity contribution >= 4 is 21.9 Å². The van der Waals surface area contributed by atoms with E-state index in [1.165, 1.54) is 6.42 Å². The first kappa shape index (κ1) is 11.5. The number of halogens is 1. The lowest BCUT2D eigenvalue weighted by Gasteiger charge is -2.27. The van der Waals surface area contributed by atoms with Crippen LogP contribution in [-0.4, -0.2) is 17.2 Å². The number of hydrogen-bond donors (Lipinski definition) is 1. The van der Waals surface area contributed by atoms with Gasteiger partial charge in [-0.05, 0) is 37.5 Å². The molecule has 86 valence electrons. The molecule has 0 aromatic heterocycles. The van der Waals surface area contributed by atoms with Gasteiger partial charge in [-0.2, -0.15) is 0 Å². The van der Waals surface area contributed by atoms with Gasteiger partial charge in [0.2, 0.25) is 0 Å². The summed E-state index contributed by atoms with van der Waals surface area (Å²) in [4.78, 5) is 10.7. The van der Waals surface area contributed by atoms with Crippen molar-refractivity contribution in [2.24, 2.45) is 0 Å². The van der Waals surface area contributed by atoms with Crippen LogP contribution in [0.2, 0.25) is 0 Å². The molecule has 1 aliphatic rings. The van der Waals surface area contributed by atoms with Crippen LogP contribution in [0.3, 0.4) is 0 Å². The second-order valence-corrected chi connectivity index (χ2v) is 4.91. The molecular weight excluding hydrogens is 272 g/mol. The summed E-state index contributed by atoms with van der Waals surface area (Å²) in [5.41, 5.74) is 0.730. The molecule has 2 rings (SSSR count). The molecule has 0 atom stereocenters. The van der Waals surface area contributed by atoms with Crippen LogP contribution in [0.1, 0.15) is 24.8 Å². The van der Waals surface area contributed by atoms with E-state index in [2.05, 4.69) is 15.9 Å². The summed E-state index contributed by atoms with van der Waals surface area (Å²) in [6.07, 6.45) is 3.62. The van der Waals surface area contributed by atoms with Crippen LogP contribution < -0.4 is 4.74 Å². The molecule has 0 spiro atoms. The first-order valence-electron chi connectivity index (χ1n) is 5.32. The minimum atomic E-state index is -0.837. The highest BCUT2D eigenvalue weighted by atomic mass is 79.9. The van der Waals surface area contributed by atoms with Crippen molar-refractivity contribution in [2.75, 3.05) is 0 Å². The van der Waals surface area contributed by atoms with E-state index < -0.39 is 5.97 Å². The molecule has 4 heteroatoms. The zero-order valence-corrected chi connectivity index (χ0v) is 10.4. The summed E-state index contributed by atoms with van der Waals surface area (Å²) in [5, 5.41) is 8.82. The Morgan fingerprint density at radius 1 is 1.50 bits per heavy atom. The standard InChI is InChI=1S/C12H13BrO3/c13-9-4-5-11(16-10-2-1-3-10)8(6-9)7-12(14)15/h4-6,10H,1-3,7H2,(H,14,15). The van der Waals surface area contributed by atoms with Crippen LogP contribution >= 0.6 is 15.9 Å². The van der Waals surface area contributed by atoms with Gasteiger partial charge in [0, 0.05) is 10.0 Å². The van der Waals surface area contributed by atoms with Gasteiger partial charge in [-0.1, -0.05) is 15.9 Å². The smallest absolute Gasteiger partial charge is 0.307 e. The number of carboxylic acids is 1. The maximum Gasteiger partial charge on any atom is 0.307 e. The predicted octanol–water partition coefficient (Wildman–Crippen LogP) is 3.01. The normalized spacial score (nSPS) is 15.6. The minimum absolute atomic E-state index is 0.00148. The lowest BCUT2D eigenvalue weighted by Crippen LogP contribution is -2.25. The van der Waals surface area contributed by atoms with Crippen molar-refractivity contribution in [3.63, 3.8) is 0 Å². The van der Waals surface area contributed by atoms with Gasteiger partial charge in [-0.15, -0.1) is 0 Å². The van der Waals surface area contributed by atoms with Crippen LogP contribution in [0.4, 0.5) is 0 Å². The zero-order chi connectivity index (χ0) is 11.5. The number of ether oxygens (including phenoxy) is 1. The second-order valence-electron chi connectivity index (χ2n) is 3.99. The summed E-state index contributed by atoms with van der Waals surface area (Å²) in [6, 6.07) is 5.52. The molecular formula is C12H13BrO3. The molecule has 0 aliphatic heterocycles. The summed E-state index contributed by atoms with van der Waals surface area (Å²) >= 11 is 3.34. The van der Waals surface area contributed by atoms with E-state index in [1.54, 1.807) is 0 Å². The Bertz CT molecular complexity index is 399. The molecule has 16 heavy (non-hydrogen) atoms. The van der Waals surface area contributed by atoms with E-state index >= 15 is 0 Å². The molecule has 0 amide bonds. The molecule has 1 aromatic rings. The van der Waals surface area contributed by atoms with E-state index in [0.29, 0.717) is 5.75 Å². The highest BCUT2D eigenvalue weighted by Crippen LogP contribution is 2.29. The van der Waals surface area contributed by atoms with Gasteiger partial charge in [0.15, 0.2) is 0 Å². The first-order chi connectivity index (χ1) is 7.65. The average molecular weight is 285 g/mol. The molecule has 0 saturated heterocycles. The number of carbonyl (C=O) groups is 1. The van der Waals surface area contributed by atoms with Crippen LogP contribution in [-0.2, 0) is 11.2 Å². The fourth-order valence-electron chi connectivity index (χ4n) is 1.63. The molecule has 1 saturated carbocycles. The van der Waals surface area contributed by atoms with Crippen molar-refractivity contribution in [1.82, 2.24) is 0 Å². The molecule has 0 heterocycles. The number of carboxylic acid groups (broad SMARTS) is 1. The first-order valence-corrected chi connectivity index (χ1v) is 6.11. The van der Waals surface area contributed by atoms with Crippen molar-refractivity contribution in [1.29, 1.82) is 0 Å². The highest BCUT2D eigenvalue weighted by molar-refractivity contribution is 9.10. The number of rotatable bonds is 4. The SMILES string of the molecule is O=C(O)Cc1cc(Br)ccc1OC1CCC1. The van der Waals surface area contributed by atoms with E-state index in [9.17, 15) is 4.79 Å². The maximum absolute atomic E-state index is 10.7. The second kappa shape index (κ2) is 4.87. The molecule has 0 radical (unpaired) electrons. The van der Waals surface area contributed by atoms with Crippen molar-refractivity contribution in [3.05, 3.63) is 28.2 Å². The Labute approximate surface area is 103 Å². The molecule has 3 nitrogen and oxygen atoms in total. The summed E-state index contributed by atoms with van der Waals surface area (Å²) in [6.45, 7) is 0. The van der Waals surface area contributed by atoms with E-state index in [-0.39, 0.29) is 12.5 Å². The summed E-state index contributed by atoms with van der Waals surface area (Å²) in [5.74, 6) is -0.133. The molecule has 1 aromatic carbocycles. The Hall–Kier alpha value is -1.03. The van der Waals surface area contributed by atoms with Crippen LogP contribution in [0, 0.1) is 0 Å². The van der Waals surface area contributed by atoms with Crippen molar-refractivity contribution < 1.29 is 14.6 Å². The summed E-state index contributed by atoms with van der Waals surface area (Å²) < 4.78 is 6.63. The number of benzene rings is 1. The Morgan fingerprint density at radius 3 is 2.81 bits per heavy atom. The number of aliphatic carboxylic acids is 1. The summed E-state index contributed by atoms with van der Waals surface area (Å²) in [7, 11) is 0. The fourth-order valence-corrected chi connectivity index (χ4v) is 2.04. The lowest BCUT2D eigenvalue weighted by atomic mass is 9.96. The van der Waals surface area contributed by atoms with Gasteiger partial charge in [-0.3, -0.25) is 4.79 Å². The molecule has 1 aliphatic carbocycles. The topological polar surface area (TPSA) is 46.5 Å². The fraction of sp³-hybridized carbons (Fsp3) is 0.417. The van der Waals surface area contributed by atoms with E-state index in [4.69, 9.17) is 9.84 Å². The lowest BCUT2D eigenvalue weighted by molar-refractivity contribution is -0.136. The monoisotopic (exact) mass is 284 g/mol. The van der Waals surface area contributed by atoms with Crippen LogP contribution in [0.15, 0.2) is 22.7 Å². The van der Waals surface area contributed by atoms with Gasteiger partial charge in [0.25, 0.3) is 0 Å². The van der Waals surface area contributed by atoms with Gasteiger partial charge in [0.1, 0.15) is 5.75 Å². The third-order valence-electron chi connectivity index (χ3n) is 2.71. The Morgan fingerprint density at radius 2 is 2.25 bits per heavy atom. The minimum Gasteiger partial charge on any atom is -0.490 e. The third-order valence-corrected chi connectivity index (χ3v) is 3.20. The molecule has 0 unspecified atom stereocenters. The van der Waals surface area contributed by atoms with Gasteiger partial charge >= 0.3 is 5.97 Å². The van der Waals surface area contributed by atoms with Crippen molar-refractivity contribution in [2.45, 2.75) is 31.8 Å². The predicted molar refractivity (Wildman–Crippen MR) is 63.7 cm³/mol. The van der Waals surface area contributed by atoms with Crippen LogP contribution in [0.5, 0.6) is 5.75 Å². The maximum atomic E-state index is 10.7. The average Bonchev–Trinajstić information content (AvgIpc) is 2.12. The molecule has 1 fully saturated rings. The van der Waals surface area contributed by atoms with Crippen LogP contribution in [0.25, 0.3) is 0 Å². The van der Waals surface area contributed by atoms with Crippen molar-refractivity contribution in [3.8, 4) is 5.75 Å². The van der Waals surface area contributed by atoms with Gasteiger partial charge in [-0.25, -0.2) is 0 Å². The van der Waals surface area contributed by atoms with Gasteiger partial charge in [0.05, 0.1) is 12.5 Å². The quantitative estimate of drug-likeness (QED) is 0.925. The molecule has 1 N–H and O–H groups in total. The van der Waals surface area contributed by atoms with E-state index in [0.717, 1.165) is 22.9 Å². The van der Waals surface area contributed by atoms with E-state index in [1.807, 2.05) is 18.2 Å². The number of hydrogen-bond acceptors (Lipinski definition) is 2. The molecule has 0 bridgehead atoms. The highest BCUT2D eigenvalue weighted by Gasteiger charge is 2.20. The van der Waals surface area contributed by atoms with Gasteiger partial charge < -0.3 is 9.84 Å².